The van der Waals surface area contributed by atoms with Crippen LogP contribution in [-0.2, 0) is 0 Å². The van der Waals surface area contributed by atoms with Crippen LogP contribution in [-0.4, -0.2) is 28.5 Å². The standard InChI is InChI=1S/C8H12ClN3S2/c1-3-6(14-7(9)10)5-4-13-8(11-2)12-5/h3,5,10H,4H2,1-2H3,(H,11,12)/b6-3-,10-7?. The Kier molecular flexibility index (Phi) is 4.84. The van der Waals surface area contributed by atoms with Gasteiger partial charge in [0.15, 0.2) is 9.67 Å². The molecule has 1 atom stereocenters. The molecule has 0 aromatic heterocycles. The van der Waals surface area contributed by atoms with E-state index in [1.54, 1.807) is 18.8 Å². The van der Waals surface area contributed by atoms with Crippen molar-refractivity contribution in [2.45, 2.75) is 13.0 Å². The SMILES string of the molecule is C/C=C(\SC(=N)Cl)C1CSC(=NC)N1. The highest BCUT2D eigenvalue weighted by atomic mass is 35.5. The van der Waals surface area contributed by atoms with Crippen LogP contribution in [0.1, 0.15) is 6.92 Å². The van der Waals surface area contributed by atoms with E-state index in [2.05, 4.69) is 10.3 Å². The van der Waals surface area contributed by atoms with Gasteiger partial charge in [-0.15, -0.1) is 0 Å². The highest BCUT2D eigenvalue weighted by molar-refractivity contribution is 8.20. The van der Waals surface area contributed by atoms with E-state index in [9.17, 15) is 0 Å². The van der Waals surface area contributed by atoms with E-state index in [4.69, 9.17) is 17.0 Å². The van der Waals surface area contributed by atoms with E-state index >= 15 is 0 Å². The van der Waals surface area contributed by atoms with Gasteiger partial charge in [-0.3, -0.25) is 10.4 Å². The zero-order valence-corrected chi connectivity index (χ0v) is 10.4. The van der Waals surface area contributed by atoms with Gasteiger partial charge in [0.05, 0.1) is 6.04 Å². The van der Waals surface area contributed by atoms with Crippen LogP contribution in [0.15, 0.2) is 16.0 Å². The zero-order valence-electron chi connectivity index (χ0n) is 8.00. The molecule has 1 rings (SSSR count). The van der Waals surface area contributed by atoms with Crippen molar-refractivity contribution in [3.05, 3.63) is 11.0 Å². The Balaban J connectivity index is 2.60. The first-order valence-electron chi connectivity index (χ1n) is 4.11. The summed E-state index contributed by atoms with van der Waals surface area (Å²) in [5, 5.41) is 11.4. The van der Waals surface area contributed by atoms with Gasteiger partial charge in [-0.25, -0.2) is 0 Å². The number of nitrogens with zero attached hydrogens (tertiary/aromatic N) is 1. The molecule has 0 aromatic carbocycles. The Morgan fingerprint density at radius 2 is 2.57 bits per heavy atom. The van der Waals surface area contributed by atoms with Crippen molar-refractivity contribution in [1.82, 2.24) is 5.32 Å². The zero-order chi connectivity index (χ0) is 10.6. The Hall–Kier alpha value is -0.130. The van der Waals surface area contributed by atoms with E-state index in [-0.39, 0.29) is 10.5 Å². The summed E-state index contributed by atoms with van der Waals surface area (Å²) in [6, 6.07) is 0.243. The largest absolute Gasteiger partial charge is 0.357 e. The second-order valence-corrected chi connectivity index (χ2v) is 5.30. The van der Waals surface area contributed by atoms with Crippen LogP contribution < -0.4 is 5.32 Å². The summed E-state index contributed by atoms with van der Waals surface area (Å²) in [7, 11) is 1.77. The predicted molar refractivity (Wildman–Crippen MR) is 67.7 cm³/mol. The van der Waals surface area contributed by atoms with Crippen molar-refractivity contribution < 1.29 is 0 Å². The summed E-state index contributed by atoms with van der Waals surface area (Å²) in [6.07, 6.45) is 1.98. The van der Waals surface area contributed by atoms with Gasteiger partial charge in [-0.1, -0.05) is 41.2 Å². The van der Waals surface area contributed by atoms with Gasteiger partial charge in [0.2, 0.25) is 0 Å². The van der Waals surface area contributed by atoms with Gasteiger partial charge in [-0.05, 0) is 6.92 Å². The molecule has 1 heterocycles. The summed E-state index contributed by atoms with van der Waals surface area (Å²) < 4.78 is 0.104. The molecule has 0 aromatic rings. The predicted octanol–water partition coefficient (Wildman–Crippen LogP) is 2.49. The molecule has 14 heavy (non-hydrogen) atoms. The van der Waals surface area contributed by atoms with Gasteiger partial charge in [0.25, 0.3) is 0 Å². The molecule has 78 valence electrons. The summed E-state index contributed by atoms with van der Waals surface area (Å²) >= 11 is 8.52. The van der Waals surface area contributed by atoms with Crippen LogP contribution in [0.3, 0.4) is 0 Å². The van der Waals surface area contributed by atoms with Gasteiger partial charge in [-0.2, -0.15) is 0 Å². The molecule has 6 heteroatoms. The molecule has 1 saturated heterocycles. The fourth-order valence-electron chi connectivity index (χ4n) is 1.11. The number of hydrogen-bond donors (Lipinski definition) is 2. The molecular formula is C8H12ClN3S2. The van der Waals surface area contributed by atoms with E-state index in [0.29, 0.717) is 0 Å². The maximum Gasteiger partial charge on any atom is 0.159 e. The lowest BCUT2D eigenvalue weighted by Crippen LogP contribution is -2.28. The average Bonchev–Trinajstić information content (AvgIpc) is 2.62. The van der Waals surface area contributed by atoms with Crippen molar-refractivity contribution in [2.24, 2.45) is 4.99 Å². The molecule has 1 unspecified atom stereocenters. The molecule has 0 saturated carbocycles. The maximum absolute atomic E-state index is 7.21. The molecule has 1 aliphatic heterocycles. The van der Waals surface area contributed by atoms with Crippen LogP contribution in [0.5, 0.6) is 0 Å². The number of aliphatic imine (C=N–C) groups is 1. The molecule has 1 aliphatic rings. The van der Waals surface area contributed by atoms with E-state index in [1.165, 1.54) is 11.8 Å². The lowest BCUT2D eigenvalue weighted by molar-refractivity contribution is 0.831. The van der Waals surface area contributed by atoms with Crippen molar-refractivity contribution in [1.29, 1.82) is 5.41 Å². The summed E-state index contributed by atoms with van der Waals surface area (Å²) in [4.78, 5) is 5.16. The first kappa shape index (κ1) is 11.9. The van der Waals surface area contributed by atoms with Gasteiger partial charge < -0.3 is 5.32 Å². The van der Waals surface area contributed by atoms with Crippen molar-refractivity contribution in [3.8, 4) is 0 Å². The number of nitrogens with one attached hydrogen (secondary N) is 2. The van der Waals surface area contributed by atoms with Gasteiger partial charge in [0.1, 0.15) is 0 Å². The van der Waals surface area contributed by atoms with Crippen LogP contribution in [0, 0.1) is 5.41 Å². The molecule has 0 aliphatic carbocycles. The first-order chi connectivity index (χ1) is 6.67. The number of hydrogen-bond acceptors (Lipinski definition) is 4. The fraction of sp³-hybridized carbons (Fsp3) is 0.500. The number of allylic oxidation sites excluding steroid dienone is 1. The Morgan fingerprint density at radius 1 is 1.86 bits per heavy atom. The van der Waals surface area contributed by atoms with Crippen molar-refractivity contribution in [2.75, 3.05) is 12.8 Å². The Bertz CT molecular complexity index is 288. The van der Waals surface area contributed by atoms with E-state index in [0.717, 1.165) is 15.8 Å². The third-order valence-electron chi connectivity index (χ3n) is 1.72. The number of halogens is 1. The lowest BCUT2D eigenvalue weighted by atomic mass is 10.3. The van der Waals surface area contributed by atoms with Crippen molar-refractivity contribution in [3.63, 3.8) is 0 Å². The second kappa shape index (κ2) is 5.68. The second-order valence-electron chi connectivity index (χ2n) is 2.60. The summed E-state index contributed by atoms with van der Waals surface area (Å²) in [6.45, 7) is 1.95. The lowest BCUT2D eigenvalue weighted by Gasteiger charge is -2.12. The minimum Gasteiger partial charge on any atom is -0.357 e. The highest BCUT2D eigenvalue weighted by Crippen LogP contribution is 2.28. The molecular weight excluding hydrogens is 238 g/mol. The Morgan fingerprint density at radius 3 is 3.00 bits per heavy atom. The van der Waals surface area contributed by atoms with Crippen molar-refractivity contribution >= 4 is 44.8 Å². The molecule has 3 nitrogen and oxygen atoms in total. The minimum absolute atomic E-state index is 0.104. The van der Waals surface area contributed by atoms with Crippen LogP contribution in [0.2, 0.25) is 0 Å². The topological polar surface area (TPSA) is 48.2 Å². The van der Waals surface area contributed by atoms with Crippen LogP contribution in [0.4, 0.5) is 0 Å². The minimum atomic E-state index is 0.104. The normalized spacial score (nSPS) is 25.2. The van der Waals surface area contributed by atoms with E-state index in [1.807, 2.05) is 13.0 Å². The Labute approximate surface area is 97.3 Å². The molecule has 1 fully saturated rings. The smallest absolute Gasteiger partial charge is 0.159 e. The fourth-order valence-corrected chi connectivity index (χ4v) is 3.04. The number of thioether (sulfide) groups is 2. The van der Waals surface area contributed by atoms with Gasteiger partial charge in [0, 0.05) is 17.7 Å². The molecule has 0 amide bonds. The highest BCUT2D eigenvalue weighted by Gasteiger charge is 2.23. The van der Waals surface area contributed by atoms with Gasteiger partial charge >= 0.3 is 0 Å². The molecule has 2 N–H and O–H groups in total. The van der Waals surface area contributed by atoms with Crippen LogP contribution in [0.25, 0.3) is 0 Å². The van der Waals surface area contributed by atoms with Crippen LogP contribution >= 0.6 is 35.1 Å². The summed E-state index contributed by atoms with van der Waals surface area (Å²) in [5.41, 5.74) is 0. The molecule has 0 radical (unpaired) electrons. The monoisotopic (exact) mass is 249 g/mol. The number of amidine groups is 1. The third-order valence-corrected chi connectivity index (χ3v) is 3.96. The molecule has 0 spiro atoms. The molecule has 0 bridgehead atoms. The third kappa shape index (κ3) is 3.22. The summed E-state index contributed by atoms with van der Waals surface area (Å²) in [5.74, 6) is 0.948. The number of rotatable bonds is 2. The quantitative estimate of drug-likeness (QED) is 0.584. The van der Waals surface area contributed by atoms with E-state index < -0.39 is 0 Å². The average molecular weight is 250 g/mol. The first-order valence-corrected chi connectivity index (χ1v) is 6.29. The maximum atomic E-state index is 7.21.